The van der Waals surface area contributed by atoms with Crippen LogP contribution in [0.25, 0.3) is 0 Å². The molecule has 4 N–H and O–H groups in total. The van der Waals surface area contributed by atoms with E-state index in [4.69, 9.17) is 20.4 Å². The molecule has 0 radical (unpaired) electrons. The van der Waals surface area contributed by atoms with Gasteiger partial charge in [-0.2, -0.15) is 0 Å². The van der Waals surface area contributed by atoms with Gasteiger partial charge in [0.25, 0.3) is 0 Å². The maximum absolute atomic E-state index is 8.97. The summed E-state index contributed by atoms with van der Waals surface area (Å²) in [4.78, 5) is 0. The zero-order chi connectivity index (χ0) is 8.85. The molecule has 0 aliphatic rings. The first kappa shape index (κ1) is 10.8. The van der Waals surface area contributed by atoms with E-state index in [1.54, 1.807) is 0 Å². The molecular formula is C6H14O5. The topological polar surface area (TPSA) is 90.2 Å². The van der Waals surface area contributed by atoms with Gasteiger partial charge in [0, 0.05) is 7.11 Å². The molecule has 0 aliphatic carbocycles. The molecule has 0 heterocycles. The molecule has 0 saturated carbocycles. The molecule has 5 nitrogen and oxygen atoms in total. The minimum Gasteiger partial charge on any atom is -0.394 e. The number of ether oxygens (including phenoxy) is 1. The lowest BCUT2D eigenvalue weighted by Crippen LogP contribution is -2.42. The fourth-order valence-corrected chi connectivity index (χ4v) is 0.778. The van der Waals surface area contributed by atoms with Crippen LogP contribution in [-0.2, 0) is 4.74 Å². The SMILES string of the molecule is COC(C(O)CO)[C@H](O)CO. The second kappa shape index (κ2) is 5.45. The number of methoxy groups -OCH3 is 1. The summed E-state index contributed by atoms with van der Waals surface area (Å²) in [6.45, 7) is -1.01. The molecule has 0 rings (SSSR count). The summed E-state index contributed by atoms with van der Waals surface area (Å²) < 4.78 is 4.64. The zero-order valence-electron chi connectivity index (χ0n) is 6.34. The Morgan fingerprint density at radius 2 is 1.45 bits per heavy atom. The summed E-state index contributed by atoms with van der Waals surface area (Å²) in [6.07, 6.45) is -3.27. The quantitative estimate of drug-likeness (QED) is 0.369. The summed E-state index contributed by atoms with van der Waals surface area (Å²) in [5.74, 6) is 0. The van der Waals surface area contributed by atoms with E-state index in [-0.39, 0.29) is 0 Å². The van der Waals surface area contributed by atoms with Crippen molar-refractivity contribution >= 4 is 0 Å². The van der Waals surface area contributed by atoms with Crippen LogP contribution in [0.5, 0.6) is 0 Å². The molecule has 0 aliphatic heterocycles. The second-order valence-electron chi connectivity index (χ2n) is 2.20. The largest absolute Gasteiger partial charge is 0.394 e. The number of rotatable bonds is 5. The van der Waals surface area contributed by atoms with Crippen LogP contribution in [0.2, 0.25) is 0 Å². The molecule has 2 unspecified atom stereocenters. The van der Waals surface area contributed by atoms with Crippen LogP contribution in [0.3, 0.4) is 0 Å². The van der Waals surface area contributed by atoms with E-state index >= 15 is 0 Å². The van der Waals surface area contributed by atoms with Crippen molar-refractivity contribution in [3.63, 3.8) is 0 Å². The van der Waals surface area contributed by atoms with E-state index in [9.17, 15) is 0 Å². The van der Waals surface area contributed by atoms with Gasteiger partial charge in [0.1, 0.15) is 18.3 Å². The van der Waals surface area contributed by atoms with Crippen LogP contribution in [0.4, 0.5) is 0 Å². The molecule has 0 amide bonds. The van der Waals surface area contributed by atoms with E-state index in [2.05, 4.69) is 4.74 Å². The lowest BCUT2D eigenvalue weighted by atomic mass is 10.1. The molecule has 0 fully saturated rings. The Bertz CT molecular complexity index is 87.0. The van der Waals surface area contributed by atoms with Gasteiger partial charge in [-0.1, -0.05) is 0 Å². The van der Waals surface area contributed by atoms with Gasteiger partial charge in [-0.25, -0.2) is 0 Å². The highest BCUT2D eigenvalue weighted by Gasteiger charge is 2.25. The molecule has 0 bridgehead atoms. The van der Waals surface area contributed by atoms with E-state index < -0.39 is 31.5 Å². The molecule has 0 aromatic rings. The van der Waals surface area contributed by atoms with Crippen molar-refractivity contribution in [3.8, 4) is 0 Å². The molecule has 0 saturated heterocycles. The molecule has 11 heavy (non-hydrogen) atoms. The molecule has 3 atom stereocenters. The van der Waals surface area contributed by atoms with Crippen LogP contribution in [0.1, 0.15) is 0 Å². The fraction of sp³-hybridized carbons (Fsp3) is 1.00. The Kier molecular flexibility index (Phi) is 5.35. The molecule has 0 aromatic heterocycles. The van der Waals surface area contributed by atoms with Gasteiger partial charge >= 0.3 is 0 Å². The summed E-state index contributed by atoms with van der Waals surface area (Å²) in [7, 11) is 1.28. The predicted octanol–water partition coefficient (Wildman–Crippen LogP) is -2.29. The highest BCUT2D eigenvalue weighted by atomic mass is 16.5. The average Bonchev–Trinajstić information content (AvgIpc) is 2.05. The Balaban J connectivity index is 3.92. The monoisotopic (exact) mass is 166 g/mol. The van der Waals surface area contributed by atoms with Crippen LogP contribution in [-0.4, -0.2) is 59.1 Å². The van der Waals surface area contributed by atoms with E-state index in [1.807, 2.05) is 0 Å². The molecule has 0 spiro atoms. The first-order valence-corrected chi connectivity index (χ1v) is 3.28. The summed E-state index contributed by atoms with van der Waals surface area (Å²) >= 11 is 0. The van der Waals surface area contributed by atoms with Gasteiger partial charge in [-0.05, 0) is 0 Å². The fourth-order valence-electron chi connectivity index (χ4n) is 0.778. The first-order chi connectivity index (χ1) is 5.17. The summed E-state index contributed by atoms with van der Waals surface area (Å²) in [5.41, 5.74) is 0. The number of hydrogen-bond donors (Lipinski definition) is 4. The van der Waals surface area contributed by atoms with Crippen LogP contribution < -0.4 is 0 Å². The van der Waals surface area contributed by atoms with Crippen molar-refractivity contribution < 1.29 is 25.2 Å². The lowest BCUT2D eigenvalue weighted by molar-refractivity contribution is -0.108. The Morgan fingerprint density at radius 3 is 1.64 bits per heavy atom. The van der Waals surface area contributed by atoms with Crippen molar-refractivity contribution in [2.45, 2.75) is 18.3 Å². The van der Waals surface area contributed by atoms with Crippen molar-refractivity contribution in [1.82, 2.24) is 0 Å². The summed E-state index contributed by atoms with van der Waals surface area (Å²) in [6, 6.07) is 0. The maximum atomic E-state index is 8.97. The lowest BCUT2D eigenvalue weighted by Gasteiger charge is -2.23. The number of hydrogen-bond acceptors (Lipinski definition) is 5. The van der Waals surface area contributed by atoms with Crippen LogP contribution >= 0.6 is 0 Å². The summed E-state index contributed by atoms with van der Waals surface area (Å²) in [5, 5.41) is 34.9. The van der Waals surface area contributed by atoms with Crippen molar-refractivity contribution in [3.05, 3.63) is 0 Å². The maximum Gasteiger partial charge on any atom is 0.113 e. The third-order valence-electron chi connectivity index (χ3n) is 1.40. The molecule has 68 valence electrons. The standard InChI is InChI=1S/C6H14O5/c1-11-6(4(9)2-7)5(10)3-8/h4-10H,2-3H2,1H3/t4-,5?,6?/m1/s1. The minimum atomic E-state index is -1.16. The number of aliphatic hydroxyl groups excluding tert-OH is 4. The molecule has 0 aromatic carbocycles. The van der Waals surface area contributed by atoms with Crippen LogP contribution in [0, 0.1) is 0 Å². The smallest absolute Gasteiger partial charge is 0.113 e. The highest BCUT2D eigenvalue weighted by Crippen LogP contribution is 2.03. The normalized spacial score (nSPS) is 19.4. The van der Waals surface area contributed by atoms with Gasteiger partial charge in [-0.15, -0.1) is 0 Å². The second-order valence-corrected chi connectivity index (χ2v) is 2.20. The third-order valence-corrected chi connectivity index (χ3v) is 1.40. The van der Waals surface area contributed by atoms with Gasteiger partial charge in [0.05, 0.1) is 13.2 Å². The Labute approximate surface area is 64.9 Å². The van der Waals surface area contributed by atoms with Gasteiger partial charge in [-0.3, -0.25) is 0 Å². The van der Waals surface area contributed by atoms with E-state index in [0.717, 1.165) is 0 Å². The van der Waals surface area contributed by atoms with E-state index in [1.165, 1.54) is 7.11 Å². The highest BCUT2D eigenvalue weighted by molar-refractivity contribution is 4.75. The zero-order valence-corrected chi connectivity index (χ0v) is 6.34. The van der Waals surface area contributed by atoms with Crippen LogP contribution in [0.15, 0.2) is 0 Å². The average molecular weight is 166 g/mol. The molecule has 5 heteroatoms. The molecular weight excluding hydrogens is 152 g/mol. The Morgan fingerprint density at radius 1 is 1.09 bits per heavy atom. The van der Waals surface area contributed by atoms with Gasteiger partial charge in [0.2, 0.25) is 0 Å². The van der Waals surface area contributed by atoms with Gasteiger partial charge in [0.15, 0.2) is 0 Å². The third kappa shape index (κ3) is 3.13. The van der Waals surface area contributed by atoms with E-state index in [0.29, 0.717) is 0 Å². The van der Waals surface area contributed by atoms with Crippen molar-refractivity contribution in [2.24, 2.45) is 0 Å². The number of aliphatic hydroxyl groups is 4. The Hall–Kier alpha value is -0.200. The minimum absolute atomic E-state index is 0.504. The van der Waals surface area contributed by atoms with Crippen molar-refractivity contribution in [2.75, 3.05) is 20.3 Å². The predicted molar refractivity (Wildman–Crippen MR) is 37.0 cm³/mol. The first-order valence-electron chi connectivity index (χ1n) is 3.28. The van der Waals surface area contributed by atoms with Crippen molar-refractivity contribution in [1.29, 1.82) is 0 Å². The van der Waals surface area contributed by atoms with Gasteiger partial charge < -0.3 is 25.2 Å².